The summed E-state index contributed by atoms with van der Waals surface area (Å²) in [6, 6.07) is 16.2. The Morgan fingerprint density at radius 3 is 2.34 bits per heavy atom. The molecule has 3 rings (SSSR count). The van der Waals surface area contributed by atoms with Crippen LogP contribution in [-0.4, -0.2) is 28.4 Å². The van der Waals surface area contributed by atoms with Crippen LogP contribution in [0.4, 0.5) is 10.5 Å². The SMILES string of the molecule is COc1cccc(C=Cc2c(Cl)cc(Cl)c(=O)n2CCc2ccc(N(C(=O)O)C(C)(C)C)cc2)c1. The molecule has 0 saturated carbocycles. The maximum Gasteiger partial charge on any atom is 0.412 e. The van der Waals surface area contributed by atoms with Gasteiger partial charge < -0.3 is 14.4 Å². The molecule has 0 bridgehead atoms. The van der Waals surface area contributed by atoms with E-state index in [2.05, 4.69) is 0 Å². The molecule has 1 heterocycles. The van der Waals surface area contributed by atoms with E-state index in [1.807, 2.05) is 63.2 Å². The van der Waals surface area contributed by atoms with Gasteiger partial charge >= 0.3 is 6.09 Å². The smallest absolute Gasteiger partial charge is 0.412 e. The third-order valence-corrected chi connectivity index (χ3v) is 6.02. The van der Waals surface area contributed by atoms with E-state index in [-0.39, 0.29) is 10.6 Å². The second-order valence-electron chi connectivity index (χ2n) is 9.00. The maximum absolute atomic E-state index is 12.9. The van der Waals surface area contributed by atoms with E-state index >= 15 is 0 Å². The van der Waals surface area contributed by atoms with Gasteiger partial charge in [-0.3, -0.25) is 9.69 Å². The fraction of sp³-hybridized carbons (Fsp3) is 0.259. The molecule has 0 aliphatic carbocycles. The standard InChI is InChI=1S/C27H28Cl2N2O4/c1-27(2,3)31(26(33)34)20-11-8-18(9-12-20)14-15-30-24(22(28)17-23(29)25(30)32)13-10-19-6-5-7-21(16-19)35-4/h5-13,16-17H,14-15H2,1-4H3,(H,33,34). The van der Waals surface area contributed by atoms with Gasteiger partial charge in [-0.15, -0.1) is 0 Å². The number of halogens is 2. The Morgan fingerprint density at radius 1 is 1.06 bits per heavy atom. The van der Waals surface area contributed by atoms with E-state index in [0.717, 1.165) is 16.9 Å². The van der Waals surface area contributed by atoms with Gasteiger partial charge in [-0.2, -0.15) is 0 Å². The molecule has 3 aromatic rings. The number of methoxy groups -OCH3 is 1. The van der Waals surface area contributed by atoms with E-state index in [0.29, 0.717) is 29.4 Å². The number of anilines is 1. The molecule has 6 nitrogen and oxygen atoms in total. The summed E-state index contributed by atoms with van der Waals surface area (Å²) >= 11 is 12.6. The fourth-order valence-corrected chi connectivity index (χ4v) is 4.30. The van der Waals surface area contributed by atoms with Crippen molar-refractivity contribution in [3.05, 3.63) is 91.8 Å². The van der Waals surface area contributed by atoms with Crippen LogP contribution >= 0.6 is 23.2 Å². The van der Waals surface area contributed by atoms with Crippen LogP contribution in [0, 0.1) is 0 Å². The third kappa shape index (κ3) is 6.47. The van der Waals surface area contributed by atoms with Crippen molar-refractivity contribution in [1.29, 1.82) is 0 Å². The molecule has 0 aliphatic rings. The van der Waals surface area contributed by atoms with Gasteiger partial charge in [0, 0.05) is 17.8 Å². The number of carbonyl (C=O) groups is 1. The monoisotopic (exact) mass is 514 g/mol. The quantitative estimate of drug-likeness (QED) is 0.373. The predicted molar refractivity (Wildman–Crippen MR) is 143 cm³/mol. The van der Waals surface area contributed by atoms with Crippen molar-refractivity contribution in [1.82, 2.24) is 4.57 Å². The van der Waals surface area contributed by atoms with E-state index in [9.17, 15) is 14.7 Å². The van der Waals surface area contributed by atoms with Crippen LogP contribution in [-0.2, 0) is 13.0 Å². The van der Waals surface area contributed by atoms with Crippen molar-refractivity contribution in [2.45, 2.75) is 39.3 Å². The number of pyridine rings is 1. The van der Waals surface area contributed by atoms with Crippen LogP contribution in [0.2, 0.25) is 10.0 Å². The zero-order chi connectivity index (χ0) is 25.8. The molecule has 35 heavy (non-hydrogen) atoms. The molecule has 0 fully saturated rings. The first-order valence-electron chi connectivity index (χ1n) is 11.0. The van der Waals surface area contributed by atoms with Crippen LogP contribution in [0.5, 0.6) is 5.75 Å². The fourth-order valence-electron chi connectivity index (χ4n) is 3.76. The normalized spacial score (nSPS) is 11.6. The van der Waals surface area contributed by atoms with Crippen LogP contribution in [0.25, 0.3) is 12.2 Å². The van der Waals surface area contributed by atoms with E-state index < -0.39 is 11.6 Å². The van der Waals surface area contributed by atoms with Gasteiger partial charge in [0.1, 0.15) is 10.8 Å². The lowest BCUT2D eigenvalue weighted by Gasteiger charge is -2.33. The highest BCUT2D eigenvalue weighted by atomic mass is 35.5. The van der Waals surface area contributed by atoms with Gasteiger partial charge in [0.15, 0.2) is 0 Å². The highest BCUT2D eigenvalue weighted by molar-refractivity contribution is 6.35. The summed E-state index contributed by atoms with van der Waals surface area (Å²) < 4.78 is 6.81. The number of nitrogens with zero attached hydrogens (tertiary/aromatic N) is 2. The van der Waals surface area contributed by atoms with Gasteiger partial charge in [-0.25, -0.2) is 4.79 Å². The Kier molecular flexibility index (Phi) is 8.30. The largest absolute Gasteiger partial charge is 0.497 e. The Morgan fingerprint density at radius 2 is 1.74 bits per heavy atom. The molecule has 2 aromatic carbocycles. The lowest BCUT2D eigenvalue weighted by molar-refractivity contribution is 0.195. The molecule has 0 saturated heterocycles. The topological polar surface area (TPSA) is 71.8 Å². The number of hydrogen-bond acceptors (Lipinski definition) is 3. The minimum absolute atomic E-state index is 0.0474. The highest BCUT2D eigenvalue weighted by Gasteiger charge is 2.27. The molecule has 1 N–H and O–H groups in total. The Balaban J connectivity index is 1.87. The predicted octanol–water partition coefficient (Wildman–Crippen LogP) is 6.86. The van der Waals surface area contributed by atoms with E-state index in [1.54, 1.807) is 29.9 Å². The molecular weight excluding hydrogens is 487 g/mol. The first-order chi connectivity index (χ1) is 16.5. The number of amides is 1. The van der Waals surface area contributed by atoms with Gasteiger partial charge in [-0.1, -0.05) is 53.5 Å². The molecular formula is C27H28Cl2N2O4. The zero-order valence-corrected chi connectivity index (χ0v) is 21.6. The van der Waals surface area contributed by atoms with Crippen LogP contribution in [0.1, 0.15) is 37.6 Å². The van der Waals surface area contributed by atoms with Crippen LogP contribution in [0.3, 0.4) is 0 Å². The molecule has 1 aromatic heterocycles. The first kappa shape index (κ1) is 26.4. The van der Waals surface area contributed by atoms with E-state index in [1.165, 1.54) is 11.0 Å². The number of ether oxygens (including phenoxy) is 1. The highest BCUT2D eigenvalue weighted by Crippen LogP contribution is 2.25. The Labute approximate surface area is 215 Å². The van der Waals surface area contributed by atoms with Crippen molar-refractivity contribution in [3.63, 3.8) is 0 Å². The number of aromatic nitrogens is 1. The van der Waals surface area contributed by atoms with Crippen molar-refractivity contribution < 1.29 is 14.6 Å². The van der Waals surface area contributed by atoms with Crippen molar-refractivity contribution in [2.24, 2.45) is 0 Å². The molecule has 1 amide bonds. The van der Waals surface area contributed by atoms with Gasteiger partial charge in [-0.05, 0) is 74.7 Å². The summed E-state index contributed by atoms with van der Waals surface area (Å²) in [6.07, 6.45) is 3.15. The molecule has 0 radical (unpaired) electrons. The summed E-state index contributed by atoms with van der Waals surface area (Å²) in [5.41, 5.74) is 2.06. The second kappa shape index (κ2) is 11.0. The number of carboxylic acid groups (broad SMARTS) is 1. The van der Waals surface area contributed by atoms with Crippen molar-refractivity contribution in [2.75, 3.05) is 12.0 Å². The van der Waals surface area contributed by atoms with Crippen molar-refractivity contribution in [3.8, 4) is 5.75 Å². The number of hydrogen-bond donors (Lipinski definition) is 1. The van der Waals surface area contributed by atoms with Gasteiger partial charge in [0.2, 0.25) is 0 Å². The molecule has 0 spiro atoms. The molecule has 0 atom stereocenters. The lowest BCUT2D eigenvalue weighted by atomic mass is 10.0. The summed E-state index contributed by atoms with van der Waals surface area (Å²) in [5.74, 6) is 0.725. The minimum Gasteiger partial charge on any atom is -0.497 e. The van der Waals surface area contributed by atoms with E-state index in [4.69, 9.17) is 27.9 Å². The first-order valence-corrected chi connectivity index (χ1v) is 11.8. The van der Waals surface area contributed by atoms with Gasteiger partial charge in [0.05, 0.1) is 17.8 Å². The van der Waals surface area contributed by atoms with Crippen LogP contribution < -0.4 is 15.2 Å². The Bertz CT molecular complexity index is 1290. The second-order valence-corrected chi connectivity index (χ2v) is 9.81. The number of aryl methyl sites for hydroxylation is 1. The average Bonchev–Trinajstić information content (AvgIpc) is 2.79. The third-order valence-electron chi connectivity index (χ3n) is 5.45. The Hall–Kier alpha value is -3.22. The molecule has 8 heteroatoms. The summed E-state index contributed by atoms with van der Waals surface area (Å²) in [5, 5.41) is 10.0. The number of benzene rings is 2. The average molecular weight is 515 g/mol. The summed E-state index contributed by atoms with van der Waals surface area (Å²) in [7, 11) is 1.60. The zero-order valence-electron chi connectivity index (χ0n) is 20.1. The molecule has 184 valence electrons. The number of rotatable bonds is 7. The summed E-state index contributed by atoms with van der Waals surface area (Å²) in [6.45, 7) is 5.86. The maximum atomic E-state index is 12.9. The molecule has 0 aliphatic heterocycles. The van der Waals surface area contributed by atoms with Gasteiger partial charge in [0.25, 0.3) is 5.56 Å². The summed E-state index contributed by atoms with van der Waals surface area (Å²) in [4.78, 5) is 25.9. The van der Waals surface area contributed by atoms with Crippen molar-refractivity contribution >= 4 is 47.1 Å². The molecule has 0 unspecified atom stereocenters. The van der Waals surface area contributed by atoms with Crippen LogP contribution in [0.15, 0.2) is 59.4 Å². The lowest BCUT2D eigenvalue weighted by Crippen LogP contribution is -2.45. The minimum atomic E-state index is -1.02.